The molecule has 1 radical (unpaired) electrons. The van der Waals surface area contributed by atoms with Gasteiger partial charge in [0.25, 0.3) is 10.1 Å². The lowest BCUT2D eigenvalue weighted by molar-refractivity contribution is 0.236. The van der Waals surface area contributed by atoms with Crippen molar-refractivity contribution in [1.29, 1.82) is 0 Å². The second-order valence-electron chi connectivity index (χ2n) is 1.26. The monoisotopic (exact) mass is 139 g/mol. The van der Waals surface area contributed by atoms with Crippen molar-refractivity contribution in [1.82, 2.24) is 0 Å². The third-order valence-corrected chi connectivity index (χ3v) is 1.51. The van der Waals surface area contributed by atoms with E-state index in [4.69, 9.17) is 9.66 Å². The normalized spacial score (nSPS) is 15.9. The maximum Gasteiger partial charge on any atom is 0.291 e. The minimum atomic E-state index is -4.26. The first-order chi connectivity index (χ1) is 3.48. The zero-order valence-electron chi connectivity index (χ0n) is 4.11. The van der Waals surface area contributed by atoms with E-state index in [9.17, 15) is 8.42 Å². The van der Waals surface area contributed by atoms with Crippen LogP contribution < -0.4 is 0 Å². The molecular weight excluding hydrogens is 132 g/mol. The van der Waals surface area contributed by atoms with Crippen LogP contribution in [-0.2, 0) is 10.1 Å². The minimum Gasteiger partial charge on any atom is -0.375 e. The molecule has 0 fully saturated rings. The van der Waals surface area contributed by atoms with Crippen molar-refractivity contribution in [3.8, 4) is 0 Å². The van der Waals surface area contributed by atoms with Gasteiger partial charge in [-0.15, -0.1) is 0 Å². The van der Waals surface area contributed by atoms with Crippen LogP contribution in [0.5, 0.6) is 0 Å². The van der Waals surface area contributed by atoms with Gasteiger partial charge in [0.1, 0.15) is 0 Å². The Hall–Kier alpha value is -0.130. The van der Waals surface area contributed by atoms with E-state index in [0.29, 0.717) is 0 Å². The molecule has 0 amide bonds. The molecule has 0 aromatic rings. The van der Waals surface area contributed by atoms with E-state index in [0.717, 1.165) is 0 Å². The van der Waals surface area contributed by atoms with Crippen molar-refractivity contribution in [2.24, 2.45) is 0 Å². The highest BCUT2D eigenvalue weighted by molar-refractivity contribution is 7.86. The summed E-state index contributed by atoms with van der Waals surface area (Å²) in [6.07, 6.45) is -0.237. The van der Waals surface area contributed by atoms with Crippen LogP contribution in [0.1, 0.15) is 6.42 Å². The summed E-state index contributed by atoms with van der Waals surface area (Å²) in [6.45, 7) is 3.06. The van der Waals surface area contributed by atoms with Gasteiger partial charge in [-0.1, -0.05) is 0 Å². The summed E-state index contributed by atoms with van der Waals surface area (Å²) in [5, 5.41) is 8.29. The Morgan fingerprint density at radius 2 is 2.00 bits per heavy atom. The quantitative estimate of drug-likeness (QED) is 0.502. The molecule has 0 heterocycles. The summed E-state index contributed by atoms with van der Waals surface area (Å²) in [4.78, 5) is 0. The molecule has 1 unspecified atom stereocenters. The van der Waals surface area contributed by atoms with Crippen molar-refractivity contribution in [2.45, 2.75) is 11.9 Å². The van der Waals surface area contributed by atoms with E-state index >= 15 is 0 Å². The van der Waals surface area contributed by atoms with E-state index in [1.807, 2.05) is 0 Å². The van der Waals surface area contributed by atoms with Crippen LogP contribution in [0.25, 0.3) is 0 Å². The van der Waals surface area contributed by atoms with E-state index in [-0.39, 0.29) is 6.42 Å². The van der Waals surface area contributed by atoms with Gasteiger partial charge in [0.2, 0.25) is 0 Å². The molecule has 0 aliphatic heterocycles. The maximum absolute atomic E-state index is 9.83. The van der Waals surface area contributed by atoms with Gasteiger partial charge < -0.3 is 5.11 Å². The Bertz CT molecular complexity index is 147. The number of hydrogen-bond acceptors (Lipinski definition) is 3. The predicted octanol–water partition coefficient (Wildman–Crippen LogP) is -0.583. The molecule has 0 aliphatic carbocycles. The molecule has 0 bridgehead atoms. The van der Waals surface area contributed by atoms with Crippen LogP contribution in [0.3, 0.4) is 0 Å². The van der Waals surface area contributed by atoms with Crippen LogP contribution in [0, 0.1) is 6.92 Å². The Balaban J connectivity index is 4.04. The molecular formula is C3H7O4S. The van der Waals surface area contributed by atoms with Crippen LogP contribution in [-0.4, -0.2) is 23.5 Å². The average molecular weight is 139 g/mol. The molecule has 5 heteroatoms. The lowest BCUT2D eigenvalue weighted by Crippen LogP contribution is -2.17. The fourth-order valence-electron chi connectivity index (χ4n) is 0.149. The number of rotatable bonds is 2. The molecule has 0 spiro atoms. The van der Waals surface area contributed by atoms with Crippen LogP contribution >= 0.6 is 0 Å². The summed E-state index contributed by atoms with van der Waals surface area (Å²) < 4.78 is 27.6. The number of hydrogen-bond donors (Lipinski definition) is 2. The molecule has 2 N–H and O–H groups in total. The molecule has 0 aromatic heterocycles. The molecule has 49 valence electrons. The summed E-state index contributed by atoms with van der Waals surface area (Å²) in [5.74, 6) is 0. The molecule has 0 rings (SSSR count). The van der Waals surface area contributed by atoms with Gasteiger partial charge >= 0.3 is 0 Å². The van der Waals surface area contributed by atoms with Crippen LogP contribution in [0.4, 0.5) is 0 Å². The maximum atomic E-state index is 9.83. The third kappa shape index (κ3) is 2.25. The minimum absolute atomic E-state index is 0.237. The average Bonchev–Trinajstić information content (AvgIpc) is 1.62. The molecule has 8 heavy (non-hydrogen) atoms. The fraction of sp³-hybridized carbons (Fsp3) is 0.667. The van der Waals surface area contributed by atoms with Gasteiger partial charge in [-0.25, -0.2) is 0 Å². The number of aliphatic hydroxyl groups is 1. The summed E-state index contributed by atoms with van der Waals surface area (Å²) in [5.41, 5.74) is -1.73. The molecule has 0 saturated carbocycles. The van der Waals surface area contributed by atoms with Gasteiger partial charge in [-0.3, -0.25) is 4.55 Å². The van der Waals surface area contributed by atoms with Gasteiger partial charge in [-0.2, -0.15) is 8.42 Å². The standard InChI is InChI=1S/C3H7O4S/c1-2-3(4)8(5,6)7/h3-4H,1-2H2,(H,5,6,7). The Morgan fingerprint density at radius 3 is 2.00 bits per heavy atom. The van der Waals surface area contributed by atoms with Gasteiger partial charge in [0.05, 0.1) is 0 Å². The van der Waals surface area contributed by atoms with E-state index in [2.05, 4.69) is 6.92 Å². The highest BCUT2D eigenvalue weighted by Crippen LogP contribution is 1.96. The lowest BCUT2D eigenvalue weighted by Gasteiger charge is -1.99. The largest absolute Gasteiger partial charge is 0.375 e. The van der Waals surface area contributed by atoms with Crippen molar-refractivity contribution in [3.05, 3.63) is 6.92 Å². The lowest BCUT2D eigenvalue weighted by atomic mass is 10.5. The van der Waals surface area contributed by atoms with Crippen LogP contribution in [0.2, 0.25) is 0 Å². The first-order valence-electron chi connectivity index (χ1n) is 1.92. The van der Waals surface area contributed by atoms with Crippen molar-refractivity contribution >= 4 is 10.1 Å². The smallest absolute Gasteiger partial charge is 0.291 e. The zero-order valence-corrected chi connectivity index (χ0v) is 4.93. The molecule has 0 aromatic carbocycles. The van der Waals surface area contributed by atoms with E-state index < -0.39 is 15.6 Å². The number of aliphatic hydroxyl groups excluding tert-OH is 1. The van der Waals surface area contributed by atoms with Gasteiger partial charge in [-0.05, 0) is 13.3 Å². The molecule has 0 aliphatic rings. The topological polar surface area (TPSA) is 74.6 Å². The van der Waals surface area contributed by atoms with Crippen molar-refractivity contribution in [2.75, 3.05) is 0 Å². The molecule has 4 nitrogen and oxygen atoms in total. The third-order valence-electron chi connectivity index (χ3n) is 0.591. The van der Waals surface area contributed by atoms with Gasteiger partial charge in [0.15, 0.2) is 5.44 Å². The Labute approximate surface area is 47.9 Å². The predicted molar refractivity (Wildman–Crippen MR) is 27.5 cm³/mol. The van der Waals surface area contributed by atoms with Gasteiger partial charge in [0, 0.05) is 0 Å². The van der Waals surface area contributed by atoms with Crippen molar-refractivity contribution in [3.63, 3.8) is 0 Å². The van der Waals surface area contributed by atoms with Crippen molar-refractivity contribution < 1.29 is 18.1 Å². The zero-order chi connectivity index (χ0) is 6.78. The highest BCUT2D eigenvalue weighted by atomic mass is 32.2. The first kappa shape index (κ1) is 7.87. The second-order valence-corrected chi connectivity index (χ2v) is 2.83. The Kier molecular flexibility index (Phi) is 2.39. The summed E-state index contributed by atoms with van der Waals surface area (Å²) >= 11 is 0. The molecule has 0 saturated heterocycles. The second kappa shape index (κ2) is 2.43. The first-order valence-corrected chi connectivity index (χ1v) is 3.42. The molecule has 1 atom stereocenters. The SMILES string of the molecule is [CH2]CC(O)S(=O)(=O)O. The van der Waals surface area contributed by atoms with Crippen LogP contribution in [0.15, 0.2) is 0 Å². The highest BCUT2D eigenvalue weighted by Gasteiger charge is 2.15. The fourth-order valence-corrected chi connectivity index (χ4v) is 0.447. The Morgan fingerprint density at radius 1 is 1.62 bits per heavy atom. The summed E-state index contributed by atoms with van der Waals surface area (Å²) in [6, 6.07) is 0. The van der Waals surface area contributed by atoms with E-state index in [1.54, 1.807) is 0 Å². The van der Waals surface area contributed by atoms with E-state index in [1.165, 1.54) is 0 Å². The summed E-state index contributed by atoms with van der Waals surface area (Å²) in [7, 11) is -4.26.